The molecule has 0 atom stereocenters. The quantitative estimate of drug-likeness (QED) is 0.560. The largest absolute Gasteiger partial charge is 0.494 e. The van der Waals surface area contributed by atoms with E-state index in [1.165, 1.54) is 12.0 Å². The highest BCUT2D eigenvalue weighted by Crippen LogP contribution is 2.12. The van der Waals surface area contributed by atoms with Gasteiger partial charge in [-0.2, -0.15) is 0 Å². The molecule has 0 aliphatic rings. The first-order valence-electron chi connectivity index (χ1n) is 6.69. The molecule has 18 heavy (non-hydrogen) atoms. The molecular weight excluding hydrogens is 222 g/mol. The van der Waals surface area contributed by atoms with E-state index in [2.05, 4.69) is 36.2 Å². The van der Waals surface area contributed by atoms with Gasteiger partial charge in [-0.1, -0.05) is 25.5 Å². The molecule has 0 saturated heterocycles. The Kier molecular flexibility index (Phi) is 7.75. The van der Waals surface area contributed by atoms with Crippen molar-refractivity contribution in [2.75, 3.05) is 13.2 Å². The Morgan fingerprint density at radius 2 is 2.00 bits per heavy atom. The van der Waals surface area contributed by atoms with E-state index in [1.807, 2.05) is 19.1 Å². The fourth-order valence-electron chi connectivity index (χ4n) is 1.55. The molecule has 0 saturated carbocycles. The van der Waals surface area contributed by atoms with Crippen molar-refractivity contribution in [3.63, 3.8) is 0 Å². The van der Waals surface area contributed by atoms with E-state index in [0.29, 0.717) is 0 Å². The molecule has 0 spiro atoms. The van der Waals surface area contributed by atoms with E-state index in [0.717, 1.165) is 38.3 Å². The van der Waals surface area contributed by atoms with Gasteiger partial charge in [-0.3, -0.25) is 0 Å². The maximum absolute atomic E-state index is 5.62. The molecule has 1 rings (SSSR count). The number of ether oxygens (including phenoxy) is 1. The van der Waals surface area contributed by atoms with Crippen molar-refractivity contribution in [3.05, 3.63) is 29.8 Å². The Morgan fingerprint density at radius 3 is 2.67 bits per heavy atom. The summed E-state index contributed by atoms with van der Waals surface area (Å²) in [5.41, 5.74) is 1.28. The summed E-state index contributed by atoms with van der Waals surface area (Å²) in [5.74, 6) is 6.89. The van der Waals surface area contributed by atoms with Gasteiger partial charge in [0.2, 0.25) is 0 Å². The summed E-state index contributed by atoms with van der Waals surface area (Å²) >= 11 is 0. The van der Waals surface area contributed by atoms with Crippen LogP contribution in [0.3, 0.4) is 0 Å². The van der Waals surface area contributed by atoms with Gasteiger partial charge in [0.05, 0.1) is 6.61 Å². The Hall–Kier alpha value is -1.46. The molecule has 2 heteroatoms. The Balaban J connectivity index is 2.24. The van der Waals surface area contributed by atoms with Crippen LogP contribution >= 0.6 is 0 Å². The van der Waals surface area contributed by atoms with Gasteiger partial charge in [0, 0.05) is 19.5 Å². The lowest BCUT2D eigenvalue weighted by atomic mass is 10.2. The molecule has 0 aliphatic heterocycles. The normalized spacial score (nSPS) is 9.67. The number of rotatable bonds is 8. The Bertz CT molecular complexity index is 372. The summed E-state index contributed by atoms with van der Waals surface area (Å²) in [6.45, 7) is 6.68. The van der Waals surface area contributed by atoms with Crippen LogP contribution in [0.1, 0.15) is 38.7 Å². The predicted octanol–water partition coefficient (Wildman–Crippen LogP) is 3.37. The van der Waals surface area contributed by atoms with Crippen molar-refractivity contribution < 1.29 is 4.74 Å². The van der Waals surface area contributed by atoms with E-state index in [-0.39, 0.29) is 0 Å². The molecule has 1 aromatic carbocycles. The first-order valence-corrected chi connectivity index (χ1v) is 6.69. The SMILES string of the molecule is CC#CCCNCc1ccc(OCCCC)cc1. The van der Waals surface area contributed by atoms with Gasteiger partial charge in [0.25, 0.3) is 0 Å². The fourth-order valence-corrected chi connectivity index (χ4v) is 1.55. The maximum atomic E-state index is 5.62. The second kappa shape index (κ2) is 9.56. The van der Waals surface area contributed by atoms with Crippen molar-refractivity contribution in [2.24, 2.45) is 0 Å². The molecule has 0 unspecified atom stereocenters. The topological polar surface area (TPSA) is 21.3 Å². The molecule has 0 amide bonds. The molecule has 2 nitrogen and oxygen atoms in total. The molecule has 0 bridgehead atoms. The lowest BCUT2D eigenvalue weighted by molar-refractivity contribution is 0.309. The molecule has 98 valence electrons. The molecule has 0 radical (unpaired) electrons. The monoisotopic (exact) mass is 245 g/mol. The molecule has 0 aliphatic carbocycles. The first kappa shape index (κ1) is 14.6. The van der Waals surface area contributed by atoms with Gasteiger partial charge in [0.15, 0.2) is 0 Å². The van der Waals surface area contributed by atoms with Gasteiger partial charge in [-0.15, -0.1) is 11.8 Å². The zero-order chi connectivity index (χ0) is 13.1. The van der Waals surface area contributed by atoms with Crippen molar-refractivity contribution in [1.82, 2.24) is 5.32 Å². The van der Waals surface area contributed by atoms with E-state index < -0.39 is 0 Å². The minimum atomic E-state index is 0.809. The third kappa shape index (κ3) is 6.32. The third-order valence-electron chi connectivity index (χ3n) is 2.62. The second-order valence-corrected chi connectivity index (χ2v) is 4.20. The highest BCUT2D eigenvalue weighted by atomic mass is 16.5. The summed E-state index contributed by atoms with van der Waals surface area (Å²) in [4.78, 5) is 0. The lowest BCUT2D eigenvalue weighted by Gasteiger charge is -2.07. The van der Waals surface area contributed by atoms with Crippen molar-refractivity contribution in [1.29, 1.82) is 0 Å². The van der Waals surface area contributed by atoms with Crippen molar-refractivity contribution >= 4 is 0 Å². The standard InChI is InChI=1S/C16H23NO/c1-3-5-7-12-17-14-15-8-10-16(11-9-15)18-13-6-4-2/h8-11,17H,4,6-7,12-14H2,1-2H3. The minimum Gasteiger partial charge on any atom is -0.494 e. The Labute approximate surface area is 111 Å². The average molecular weight is 245 g/mol. The van der Waals surface area contributed by atoms with Crippen LogP contribution in [-0.2, 0) is 6.54 Å². The Morgan fingerprint density at radius 1 is 1.22 bits per heavy atom. The van der Waals surface area contributed by atoms with Gasteiger partial charge in [-0.25, -0.2) is 0 Å². The zero-order valence-electron chi connectivity index (χ0n) is 11.5. The smallest absolute Gasteiger partial charge is 0.119 e. The van der Waals surface area contributed by atoms with Gasteiger partial charge >= 0.3 is 0 Å². The molecule has 1 aromatic rings. The zero-order valence-corrected chi connectivity index (χ0v) is 11.5. The highest BCUT2D eigenvalue weighted by molar-refractivity contribution is 5.27. The third-order valence-corrected chi connectivity index (χ3v) is 2.62. The van der Waals surface area contributed by atoms with Crippen LogP contribution in [0.15, 0.2) is 24.3 Å². The van der Waals surface area contributed by atoms with E-state index >= 15 is 0 Å². The van der Waals surface area contributed by atoms with Gasteiger partial charge < -0.3 is 10.1 Å². The fraction of sp³-hybridized carbons (Fsp3) is 0.500. The van der Waals surface area contributed by atoms with Gasteiger partial charge in [0.1, 0.15) is 5.75 Å². The van der Waals surface area contributed by atoms with E-state index in [1.54, 1.807) is 0 Å². The maximum Gasteiger partial charge on any atom is 0.119 e. The number of hydrogen-bond acceptors (Lipinski definition) is 2. The summed E-state index contributed by atoms with van der Waals surface area (Å²) in [6, 6.07) is 8.30. The predicted molar refractivity (Wildman–Crippen MR) is 76.6 cm³/mol. The van der Waals surface area contributed by atoms with Gasteiger partial charge in [-0.05, 0) is 31.0 Å². The van der Waals surface area contributed by atoms with Crippen LogP contribution in [0.2, 0.25) is 0 Å². The first-order chi connectivity index (χ1) is 8.86. The van der Waals surface area contributed by atoms with Crippen LogP contribution in [0.4, 0.5) is 0 Å². The van der Waals surface area contributed by atoms with Crippen LogP contribution < -0.4 is 10.1 Å². The van der Waals surface area contributed by atoms with Crippen LogP contribution in [0, 0.1) is 11.8 Å². The van der Waals surface area contributed by atoms with E-state index in [9.17, 15) is 0 Å². The van der Waals surface area contributed by atoms with E-state index in [4.69, 9.17) is 4.74 Å². The number of nitrogens with one attached hydrogen (secondary N) is 1. The summed E-state index contributed by atoms with van der Waals surface area (Å²) in [5, 5.41) is 3.36. The second-order valence-electron chi connectivity index (χ2n) is 4.20. The molecule has 1 N–H and O–H groups in total. The van der Waals surface area contributed by atoms with Crippen LogP contribution in [-0.4, -0.2) is 13.2 Å². The summed E-state index contributed by atoms with van der Waals surface area (Å²) in [7, 11) is 0. The number of benzene rings is 1. The van der Waals surface area contributed by atoms with Crippen LogP contribution in [0.25, 0.3) is 0 Å². The van der Waals surface area contributed by atoms with Crippen molar-refractivity contribution in [2.45, 2.75) is 39.7 Å². The van der Waals surface area contributed by atoms with Crippen molar-refractivity contribution in [3.8, 4) is 17.6 Å². The van der Waals surface area contributed by atoms with Crippen LogP contribution in [0.5, 0.6) is 5.75 Å². The molecule has 0 aromatic heterocycles. The minimum absolute atomic E-state index is 0.809. The number of hydrogen-bond donors (Lipinski definition) is 1. The average Bonchev–Trinajstić information content (AvgIpc) is 2.40. The summed E-state index contributed by atoms with van der Waals surface area (Å²) < 4.78 is 5.62. The summed E-state index contributed by atoms with van der Waals surface area (Å²) in [6.07, 6.45) is 3.19. The lowest BCUT2D eigenvalue weighted by Crippen LogP contribution is -2.14. The molecular formula is C16H23NO. The number of unbranched alkanes of at least 4 members (excludes halogenated alkanes) is 1. The molecule has 0 heterocycles. The molecule has 0 fully saturated rings. The highest BCUT2D eigenvalue weighted by Gasteiger charge is 1.95.